The molecule has 0 aliphatic carbocycles. The third-order valence-electron chi connectivity index (χ3n) is 8.69. The first-order valence-corrected chi connectivity index (χ1v) is 15.3. The van der Waals surface area contributed by atoms with Gasteiger partial charge in [0.25, 0.3) is 0 Å². The smallest absolute Gasteiger partial charge is 0.177 e. The minimum Gasteiger partial charge on any atom is -0.497 e. The number of ether oxygens (including phenoxy) is 4. The Kier molecular flexibility index (Phi) is 10.7. The highest BCUT2D eigenvalue weighted by Gasteiger charge is 2.33. The Balaban J connectivity index is 1.26. The molecule has 1 saturated heterocycles. The Hall–Kier alpha value is -3.21. The maximum Gasteiger partial charge on any atom is 0.177 e. The summed E-state index contributed by atoms with van der Waals surface area (Å²) in [6.45, 7) is 9.11. The van der Waals surface area contributed by atoms with Crippen LogP contribution in [0.5, 0.6) is 11.5 Å². The van der Waals surface area contributed by atoms with Crippen LogP contribution >= 0.6 is 0 Å². The van der Waals surface area contributed by atoms with Gasteiger partial charge in [-0.25, -0.2) is 0 Å². The number of nitrogens with zero attached hydrogens (tertiary/aromatic N) is 4. The van der Waals surface area contributed by atoms with Crippen LogP contribution in [0.4, 0.5) is 5.69 Å². The second-order valence-electron chi connectivity index (χ2n) is 11.8. The second kappa shape index (κ2) is 14.8. The highest BCUT2D eigenvalue weighted by Crippen LogP contribution is 2.36. The SMILES string of the molecule is COCCCN1CCOc2ccc(CO[C@H]3CNC(CCC(c4nn[nH]n4)C(C)C)CC3c3ccc(OC)cc3)cc21. The van der Waals surface area contributed by atoms with Crippen molar-refractivity contribution in [2.24, 2.45) is 5.92 Å². The summed E-state index contributed by atoms with van der Waals surface area (Å²) in [5.41, 5.74) is 3.59. The molecule has 3 aromatic rings. The first-order valence-electron chi connectivity index (χ1n) is 15.3. The molecule has 2 N–H and O–H groups in total. The van der Waals surface area contributed by atoms with Crippen molar-refractivity contribution in [1.29, 1.82) is 0 Å². The van der Waals surface area contributed by atoms with E-state index in [1.54, 1.807) is 14.2 Å². The molecule has 228 valence electrons. The Morgan fingerprint density at radius 3 is 2.71 bits per heavy atom. The molecule has 3 unspecified atom stereocenters. The zero-order valence-corrected chi connectivity index (χ0v) is 25.4. The van der Waals surface area contributed by atoms with Gasteiger partial charge in [0.15, 0.2) is 5.82 Å². The molecule has 2 aliphatic rings. The number of tetrazole rings is 1. The Labute approximate surface area is 249 Å². The second-order valence-corrected chi connectivity index (χ2v) is 11.8. The van der Waals surface area contributed by atoms with E-state index in [4.69, 9.17) is 18.9 Å². The highest BCUT2D eigenvalue weighted by molar-refractivity contribution is 5.61. The fourth-order valence-corrected chi connectivity index (χ4v) is 6.27. The summed E-state index contributed by atoms with van der Waals surface area (Å²) in [6, 6.07) is 15.3. The molecular formula is C32H46N6O4. The average Bonchev–Trinajstić information content (AvgIpc) is 3.55. The van der Waals surface area contributed by atoms with Gasteiger partial charge >= 0.3 is 0 Å². The number of fused-ring (bicyclic) bond motifs is 1. The number of rotatable bonds is 14. The van der Waals surface area contributed by atoms with E-state index < -0.39 is 0 Å². The van der Waals surface area contributed by atoms with Crippen LogP contribution in [0.3, 0.4) is 0 Å². The van der Waals surface area contributed by atoms with Gasteiger partial charge in [0.05, 0.1) is 32.1 Å². The van der Waals surface area contributed by atoms with E-state index in [9.17, 15) is 0 Å². The number of hydrogen-bond donors (Lipinski definition) is 2. The van der Waals surface area contributed by atoms with Crippen molar-refractivity contribution < 1.29 is 18.9 Å². The molecule has 0 bridgehead atoms. The van der Waals surface area contributed by atoms with Crippen molar-refractivity contribution in [3.8, 4) is 11.5 Å². The number of piperidine rings is 1. The predicted octanol–water partition coefficient (Wildman–Crippen LogP) is 4.69. The van der Waals surface area contributed by atoms with Crippen molar-refractivity contribution in [3.63, 3.8) is 0 Å². The monoisotopic (exact) mass is 578 g/mol. The molecule has 1 fully saturated rings. The standard InChI is InChI=1S/C32H46N6O4/c1-22(2)27(32-34-36-37-35-32)12-9-25-19-28(24-7-10-26(40-4)11-8-24)31(20-33-25)42-21-23-6-13-30-29(18-23)38(15-17-41-30)14-5-16-39-3/h6-8,10-11,13,18,22,25,27-28,31,33H,5,9,12,14-17,19-21H2,1-4H3,(H,34,35,36,37)/t25?,27?,28?,31-/m0/s1. The van der Waals surface area contributed by atoms with Crippen molar-refractivity contribution in [2.75, 3.05) is 52.0 Å². The maximum atomic E-state index is 6.68. The topological polar surface area (TPSA) is 107 Å². The Bertz CT molecular complexity index is 1220. The van der Waals surface area contributed by atoms with Crippen LogP contribution in [0.2, 0.25) is 0 Å². The lowest BCUT2D eigenvalue weighted by Crippen LogP contribution is -2.47. The minimum absolute atomic E-state index is 0.0536. The van der Waals surface area contributed by atoms with Crippen LogP contribution in [0, 0.1) is 5.92 Å². The van der Waals surface area contributed by atoms with E-state index in [2.05, 4.69) is 87.2 Å². The van der Waals surface area contributed by atoms with Crippen molar-refractivity contribution in [1.82, 2.24) is 25.9 Å². The van der Waals surface area contributed by atoms with Gasteiger partial charge in [-0.3, -0.25) is 0 Å². The quantitative estimate of drug-likeness (QED) is 0.263. The van der Waals surface area contributed by atoms with Gasteiger partial charge in [0.2, 0.25) is 0 Å². The number of hydrogen-bond acceptors (Lipinski definition) is 9. The lowest BCUT2D eigenvalue weighted by molar-refractivity contribution is 0.00190. The summed E-state index contributed by atoms with van der Waals surface area (Å²) < 4.78 is 23.3. The van der Waals surface area contributed by atoms with Crippen molar-refractivity contribution in [2.45, 2.75) is 70.1 Å². The molecule has 0 amide bonds. The fourth-order valence-electron chi connectivity index (χ4n) is 6.27. The lowest BCUT2D eigenvalue weighted by Gasteiger charge is -2.38. The van der Waals surface area contributed by atoms with Crippen LogP contribution in [-0.2, 0) is 16.1 Å². The zero-order chi connectivity index (χ0) is 29.3. The summed E-state index contributed by atoms with van der Waals surface area (Å²) in [6.07, 6.45) is 4.09. The first kappa shape index (κ1) is 30.3. The predicted molar refractivity (Wildman–Crippen MR) is 162 cm³/mol. The van der Waals surface area contributed by atoms with Crippen LogP contribution < -0.4 is 19.7 Å². The molecule has 3 heterocycles. The van der Waals surface area contributed by atoms with Gasteiger partial charge in [-0.05, 0) is 67.0 Å². The molecule has 10 heteroatoms. The molecule has 1 aromatic heterocycles. The molecule has 0 radical (unpaired) electrons. The maximum absolute atomic E-state index is 6.68. The number of H-pyrrole nitrogens is 1. The lowest BCUT2D eigenvalue weighted by atomic mass is 9.81. The molecular weight excluding hydrogens is 532 g/mol. The average molecular weight is 579 g/mol. The Morgan fingerprint density at radius 2 is 1.98 bits per heavy atom. The molecule has 0 spiro atoms. The summed E-state index contributed by atoms with van der Waals surface area (Å²) in [5, 5.41) is 18.8. The first-order chi connectivity index (χ1) is 20.6. The van der Waals surface area contributed by atoms with Gasteiger partial charge in [0.1, 0.15) is 18.1 Å². The van der Waals surface area contributed by atoms with E-state index in [1.807, 2.05) is 0 Å². The van der Waals surface area contributed by atoms with E-state index in [0.29, 0.717) is 25.2 Å². The molecule has 10 nitrogen and oxygen atoms in total. The zero-order valence-electron chi connectivity index (χ0n) is 25.4. The van der Waals surface area contributed by atoms with E-state index in [0.717, 1.165) is 80.5 Å². The molecule has 2 aromatic carbocycles. The third kappa shape index (κ3) is 7.59. The van der Waals surface area contributed by atoms with Gasteiger partial charge in [-0.2, -0.15) is 5.21 Å². The van der Waals surface area contributed by atoms with Crippen LogP contribution in [-0.4, -0.2) is 79.8 Å². The van der Waals surface area contributed by atoms with E-state index in [-0.39, 0.29) is 17.9 Å². The normalized spacial score (nSPS) is 21.2. The number of anilines is 1. The summed E-state index contributed by atoms with van der Waals surface area (Å²) in [5.74, 6) is 3.62. The summed E-state index contributed by atoms with van der Waals surface area (Å²) in [7, 11) is 3.46. The summed E-state index contributed by atoms with van der Waals surface area (Å²) in [4.78, 5) is 2.40. The highest BCUT2D eigenvalue weighted by atomic mass is 16.5. The molecule has 5 rings (SSSR count). The minimum atomic E-state index is 0.0536. The molecule has 4 atom stereocenters. The third-order valence-corrected chi connectivity index (χ3v) is 8.69. The number of methoxy groups -OCH3 is 2. The number of benzene rings is 2. The van der Waals surface area contributed by atoms with Crippen molar-refractivity contribution >= 4 is 5.69 Å². The molecule has 42 heavy (non-hydrogen) atoms. The van der Waals surface area contributed by atoms with Crippen molar-refractivity contribution in [3.05, 3.63) is 59.4 Å². The van der Waals surface area contributed by atoms with Gasteiger partial charge in [-0.1, -0.05) is 37.3 Å². The van der Waals surface area contributed by atoms with Crippen LogP contribution in [0.1, 0.15) is 68.3 Å². The Morgan fingerprint density at radius 1 is 1.12 bits per heavy atom. The molecule has 2 aliphatic heterocycles. The van der Waals surface area contributed by atoms with Gasteiger partial charge in [-0.15, -0.1) is 10.2 Å². The fraction of sp³-hybridized carbons (Fsp3) is 0.594. The van der Waals surface area contributed by atoms with Crippen LogP contribution in [0.25, 0.3) is 0 Å². The van der Waals surface area contributed by atoms with Gasteiger partial charge < -0.3 is 29.2 Å². The van der Waals surface area contributed by atoms with Gasteiger partial charge in [0, 0.05) is 44.7 Å². The largest absolute Gasteiger partial charge is 0.497 e. The molecule has 0 saturated carbocycles. The number of aromatic amines is 1. The number of aromatic nitrogens is 4. The van der Waals surface area contributed by atoms with E-state index >= 15 is 0 Å². The number of nitrogens with one attached hydrogen (secondary N) is 2. The van der Waals surface area contributed by atoms with Crippen LogP contribution in [0.15, 0.2) is 42.5 Å². The van der Waals surface area contributed by atoms with E-state index in [1.165, 1.54) is 5.56 Å². The summed E-state index contributed by atoms with van der Waals surface area (Å²) >= 11 is 0.